The molecular weight excluding hydrogens is 420 g/mol. The fourth-order valence-electron chi connectivity index (χ4n) is 4.51. The van der Waals surface area contributed by atoms with Crippen LogP contribution in [0.2, 0.25) is 0 Å². The van der Waals surface area contributed by atoms with Crippen LogP contribution in [0.4, 0.5) is 0 Å². The molecule has 1 aromatic carbocycles. The number of thiophene rings is 1. The van der Waals surface area contributed by atoms with Gasteiger partial charge in [-0.05, 0) is 67.7 Å². The highest BCUT2D eigenvalue weighted by Crippen LogP contribution is 2.35. The third kappa shape index (κ3) is 5.17. The predicted octanol–water partition coefficient (Wildman–Crippen LogP) is 4.91. The largest absolute Gasteiger partial charge is 0.491 e. The molecule has 32 heavy (non-hydrogen) atoms. The number of benzene rings is 1. The highest BCUT2D eigenvalue weighted by molar-refractivity contribution is 7.10. The lowest BCUT2D eigenvalue weighted by atomic mass is 10.00. The summed E-state index contributed by atoms with van der Waals surface area (Å²) in [5.74, 6) is 1.28. The summed E-state index contributed by atoms with van der Waals surface area (Å²) in [5.41, 5.74) is 3.49. The van der Waals surface area contributed by atoms with Crippen molar-refractivity contribution in [1.29, 1.82) is 0 Å². The summed E-state index contributed by atoms with van der Waals surface area (Å²) in [6.45, 7) is 9.49. The monoisotopic (exact) mass is 454 g/mol. The molecule has 4 rings (SSSR count). The summed E-state index contributed by atoms with van der Waals surface area (Å²) in [6, 6.07) is 8.40. The molecule has 0 saturated heterocycles. The zero-order chi connectivity index (χ0) is 22.8. The van der Waals surface area contributed by atoms with E-state index in [9.17, 15) is 9.59 Å². The quantitative estimate of drug-likeness (QED) is 0.570. The highest BCUT2D eigenvalue weighted by atomic mass is 32.1. The summed E-state index contributed by atoms with van der Waals surface area (Å²) in [4.78, 5) is 31.4. The topological polar surface area (TPSA) is 49.9 Å². The maximum Gasteiger partial charge on any atom is 0.242 e. The van der Waals surface area contributed by atoms with Gasteiger partial charge < -0.3 is 14.5 Å². The fraction of sp³-hybridized carbons (Fsp3) is 0.538. The number of amides is 2. The van der Waals surface area contributed by atoms with Crippen molar-refractivity contribution in [1.82, 2.24) is 9.80 Å². The fourth-order valence-corrected chi connectivity index (χ4v) is 5.44. The molecule has 2 amide bonds. The van der Waals surface area contributed by atoms with E-state index in [-0.39, 0.29) is 30.4 Å². The Kier molecular flexibility index (Phi) is 6.89. The molecule has 1 aliphatic heterocycles. The number of fused-ring (bicyclic) bond motifs is 1. The molecule has 0 unspecified atom stereocenters. The van der Waals surface area contributed by atoms with Crippen LogP contribution in [0.15, 0.2) is 29.6 Å². The van der Waals surface area contributed by atoms with Gasteiger partial charge in [0.05, 0.1) is 6.04 Å². The molecule has 1 saturated carbocycles. The van der Waals surface area contributed by atoms with E-state index >= 15 is 0 Å². The van der Waals surface area contributed by atoms with Crippen molar-refractivity contribution in [3.8, 4) is 5.75 Å². The number of hydrogen-bond donors (Lipinski definition) is 0. The van der Waals surface area contributed by atoms with Crippen LogP contribution in [0.1, 0.15) is 60.7 Å². The third-order valence-corrected chi connectivity index (χ3v) is 7.34. The molecule has 2 heterocycles. The molecule has 0 N–H and O–H groups in total. The van der Waals surface area contributed by atoms with E-state index in [0.29, 0.717) is 25.5 Å². The SMILES string of the molecule is Cc1ccc(OC[C@H]2c3ccsc3CCN2C(=O)CN(C(=O)CC(C)C)C2CC2)c(C)c1. The van der Waals surface area contributed by atoms with Crippen LogP contribution in [-0.4, -0.2) is 47.4 Å². The van der Waals surface area contributed by atoms with Crippen LogP contribution in [-0.2, 0) is 16.0 Å². The zero-order valence-electron chi connectivity index (χ0n) is 19.6. The van der Waals surface area contributed by atoms with Gasteiger partial charge in [-0.1, -0.05) is 31.5 Å². The maximum atomic E-state index is 13.5. The standard InChI is InChI=1S/C26H34N2O3S/c1-17(2)13-25(29)28(20-6-7-20)15-26(30)27-11-9-24-21(10-12-32-24)22(27)16-31-23-8-5-18(3)14-19(23)4/h5,8,10,12,14,17,20,22H,6-7,9,11,13,15-16H2,1-4H3/t22-/m0/s1. The predicted molar refractivity (Wildman–Crippen MR) is 128 cm³/mol. The number of rotatable bonds is 8. The van der Waals surface area contributed by atoms with E-state index in [1.165, 1.54) is 16.0 Å². The van der Waals surface area contributed by atoms with Crippen molar-refractivity contribution >= 4 is 23.2 Å². The number of aryl methyl sites for hydroxylation is 2. The van der Waals surface area contributed by atoms with Crippen LogP contribution in [0.25, 0.3) is 0 Å². The Balaban J connectivity index is 1.50. The van der Waals surface area contributed by atoms with Crippen molar-refractivity contribution in [2.75, 3.05) is 19.7 Å². The first-order valence-electron chi connectivity index (χ1n) is 11.7. The van der Waals surface area contributed by atoms with Crippen molar-refractivity contribution in [2.24, 2.45) is 5.92 Å². The first kappa shape index (κ1) is 22.8. The molecule has 1 fully saturated rings. The van der Waals surface area contributed by atoms with E-state index < -0.39 is 0 Å². The Bertz CT molecular complexity index is 979. The van der Waals surface area contributed by atoms with Gasteiger partial charge in [0.1, 0.15) is 18.9 Å². The summed E-state index contributed by atoms with van der Waals surface area (Å²) < 4.78 is 6.23. The lowest BCUT2D eigenvalue weighted by Crippen LogP contribution is -2.48. The minimum atomic E-state index is -0.126. The molecule has 2 aliphatic rings. The molecule has 0 bridgehead atoms. The molecule has 0 spiro atoms. The van der Waals surface area contributed by atoms with Gasteiger partial charge in [-0.3, -0.25) is 9.59 Å². The second-order valence-electron chi connectivity index (χ2n) is 9.58. The molecule has 1 atom stereocenters. The lowest BCUT2D eigenvalue weighted by molar-refractivity contribution is -0.143. The molecule has 172 valence electrons. The van der Waals surface area contributed by atoms with Crippen molar-refractivity contribution in [3.63, 3.8) is 0 Å². The van der Waals surface area contributed by atoms with Crippen LogP contribution in [0.5, 0.6) is 5.75 Å². The first-order valence-corrected chi connectivity index (χ1v) is 12.6. The Morgan fingerprint density at radius 3 is 2.69 bits per heavy atom. The van der Waals surface area contributed by atoms with Crippen molar-refractivity contribution < 1.29 is 14.3 Å². The van der Waals surface area contributed by atoms with Gasteiger partial charge in [0.15, 0.2) is 0 Å². The van der Waals surface area contributed by atoms with Crippen LogP contribution >= 0.6 is 11.3 Å². The van der Waals surface area contributed by atoms with Gasteiger partial charge in [0.2, 0.25) is 11.8 Å². The normalized spacial score (nSPS) is 17.9. The molecule has 0 radical (unpaired) electrons. The van der Waals surface area contributed by atoms with Crippen LogP contribution in [0, 0.1) is 19.8 Å². The van der Waals surface area contributed by atoms with Crippen molar-refractivity contribution in [3.05, 3.63) is 51.2 Å². The minimum Gasteiger partial charge on any atom is -0.491 e. The van der Waals surface area contributed by atoms with Gasteiger partial charge in [0.25, 0.3) is 0 Å². The number of hydrogen-bond acceptors (Lipinski definition) is 4. The summed E-state index contributed by atoms with van der Waals surface area (Å²) in [5, 5.41) is 2.10. The molecule has 6 heteroatoms. The minimum absolute atomic E-state index is 0.0279. The molecule has 2 aromatic rings. The van der Waals surface area contributed by atoms with Gasteiger partial charge in [0, 0.05) is 23.9 Å². The second-order valence-corrected chi connectivity index (χ2v) is 10.6. The lowest BCUT2D eigenvalue weighted by Gasteiger charge is -2.37. The van der Waals surface area contributed by atoms with Gasteiger partial charge >= 0.3 is 0 Å². The molecule has 1 aliphatic carbocycles. The van der Waals surface area contributed by atoms with Crippen molar-refractivity contribution in [2.45, 2.75) is 65.5 Å². The molecule has 5 nitrogen and oxygen atoms in total. The maximum absolute atomic E-state index is 13.5. The van der Waals surface area contributed by atoms with Crippen LogP contribution in [0.3, 0.4) is 0 Å². The first-order chi connectivity index (χ1) is 15.3. The Hall–Kier alpha value is -2.34. The summed E-state index contributed by atoms with van der Waals surface area (Å²) >= 11 is 1.75. The molecule has 1 aromatic heterocycles. The average Bonchev–Trinajstić information content (AvgIpc) is 3.46. The summed E-state index contributed by atoms with van der Waals surface area (Å²) in [6.07, 6.45) is 3.37. The molecular formula is C26H34N2O3S. The van der Waals surface area contributed by atoms with E-state index in [1.807, 2.05) is 29.7 Å². The number of nitrogens with zero attached hydrogens (tertiary/aromatic N) is 2. The number of carbonyl (C=O) groups is 2. The highest BCUT2D eigenvalue weighted by Gasteiger charge is 2.37. The average molecular weight is 455 g/mol. The Morgan fingerprint density at radius 1 is 1.22 bits per heavy atom. The van der Waals surface area contributed by atoms with Gasteiger partial charge in [-0.25, -0.2) is 0 Å². The third-order valence-electron chi connectivity index (χ3n) is 6.34. The van der Waals surface area contributed by atoms with E-state index in [0.717, 1.165) is 30.6 Å². The van der Waals surface area contributed by atoms with Gasteiger partial charge in [-0.2, -0.15) is 0 Å². The second kappa shape index (κ2) is 9.65. The van der Waals surface area contributed by atoms with E-state index in [2.05, 4.69) is 37.4 Å². The number of ether oxygens (including phenoxy) is 1. The Morgan fingerprint density at radius 2 is 2.00 bits per heavy atom. The van der Waals surface area contributed by atoms with Gasteiger partial charge in [-0.15, -0.1) is 11.3 Å². The number of carbonyl (C=O) groups excluding carboxylic acids is 2. The van der Waals surface area contributed by atoms with Crippen LogP contribution < -0.4 is 4.74 Å². The van der Waals surface area contributed by atoms with E-state index in [1.54, 1.807) is 11.3 Å². The summed E-state index contributed by atoms with van der Waals surface area (Å²) in [7, 11) is 0. The Labute approximate surface area is 195 Å². The smallest absolute Gasteiger partial charge is 0.242 e. The zero-order valence-corrected chi connectivity index (χ0v) is 20.4. The van der Waals surface area contributed by atoms with E-state index in [4.69, 9.17) is 4.74 Å².